The summed E-state index contributed by atoms with van der Waals surface area (Å²) in [6.07, 6.45) is 1.33. The Labute approximate surface area is 150 Å². The van der Waals surface area contributed by atoms with Crippen LogP contribution < -0.4 is 5.32 Å². The molecular weight excluding hydrogens is 336 g/mol. The van der Waals surface area contributed by atoms with Gasteiger partial charge in [0.1, 0.15) is 0 Å². The van der Waals surface area contributed by atoms with Gasteiger partial charge in [-0.05, 0) is 24.3 Å². The molecule has 1 N–H and O–H groups in total. The summed E-state index contributed by atoms with van der Waals surface area (Å²) in [5.41, 5.74) is 0.732. The van der Waals surface area contributed by atoms with Crippen molar-refractivity contribution in [3.05, 3.63) is 58.3 Å². The third-order valence-electron chi connectivity index (χ3n) is 4.42. The molecule has 6 heteroatoms. The number of nitrogens with one attached hydrogen (secondary N) is 1. The van der Waals surface area contributed by atoms with Gasteiger partial charge >= 0.3 is 0 Å². The molecule has 2 aromatic rings. The maximum Gasteiger partial charge on any atom is 0.261 e. The van der Waals surface area contributed by atoms with E-state index in [1.807, 2.05) is 35.7 Å². The zero-order valence-corrected chi connectivity index (χ0v) is 14.6. The van der Waals surface area contributed by atoms with Gasteiger partial charge in [-0.15, -0.1) is 11.3 Å². The Bertz CT molecular complexity index is 735. The van der Waals surface area contributed by atoms with Crippen LogP contribution in [-0.2, 0) is 4.79 Å². The Morgan fingerprint density at radius 3 is 2.40 bits per heavy atom. The van der Waals surface area contributed by atoms with Crippen LogP contribution in [0.25, 0.3) is 0 Å². The maximum absolute atomic E-state index is 12.5. The molecule has 130 valence electrons. The lowest BCUT2D eigenvalue weighted by molar-refractivity contribution is -0.131. The summed E-state index contributed by atoms with van der Waals surface area (Å²) in [6.45, 7) is 1.10. The lowest BCUT2D eigenvalue weighted by atomic mass is 9.89. The van der Waals surface area contributed by atoms with E-state index in [4.69, 9.17) is 0 Å². The summed E-state index contributed by atoms with van der Waals surface area (Å²) in [6, 6.07) is 12.8. The zero-order chi connectivity index (χ0) is 17.6. The number of likely N-dealkylation sites (tertiary alicyclic amines) is 1. The molecule has 0 saturated carbocycles. The highest BCUT2D eigenvalue weighted by Crippen LogP contribution is 2.21. The van der Waals surface area contributed by atoms with Crippen LogP contribution in [0.15, 0.2) is 47.8 Å². The third kappa shape index (κ3) is 4.33. The third-order valence-corrected chi connectivity index (χ3v) is 5.29. The largest absolute Gasteiger partial charge is 0.342 e. The summed E-state index contributed by atoms with van der Waals surface area (Å²) in [5, 5.41) is 4.48. The molecule has 1 aromatic heterocycles. The first-order chi connectivity index (χ1) is 12.1. The van der Waals surface area contributed by atoms with Crippen molar-refractivity contribution in [2.75, 3.05) is 19.6 Å². The van der Waals surface area contributed by atoms with Crippen LogP contribution in [0.1, 0.15) is 32.9 Å². The smallest absolute Gasteiger partial charge is 0.261 e. The fourth-order valence-electron chi connectivity index (χ4n) is 2.99. The highest BCUT2D eigenvalue weighted by molar-refractivity contribution is 7.12. The van der Waals surface area contributed by atoms with Crippen LogP contribution in [0.5, 0.6) is 0 Å². The van der Waals surface area contributed by atoms with Crippen LogP contribution in [0.4, 0.5) is 0 Å². The highest BCUT2D eigenvalue weighted by atomic mass is 32.1. The van der Waals surface area contributed by atoms with Gasteiger partial charge in [0.2, 0.25) is 5.91 Å². The van der Waals surface area contributed by atoms with Gasteiger partial charge < -0.3 is 10.2 Å². The standard InChI is InChI=1S/C19H20N2O3S/c22-17(13-20-19(24)16-7-4-12-25-16)21-10-8-15(9-11-21)18(23)14-5-2-1-3-6-14/h1-7,12,15H,8-11,13H2,(H,20,24). The molecule has 2 heterocycles. The lowest BCUT2D eigenvalue weighted by Crippen LogP contribution is -2.45. The minimum Gasteiger partial charge on any atom is -0.342 e. The summed E-state index contributed by atoms with van der Waals surface area (Å²) in [4.78, 5) is 38.9. The molecule has 25 heavy (non-hydrogen) atoms. The van der Waals surface area contributed by atoms with Gasteiger partial charge in [0.25, 0.3) is 5.91 Å². The van der Waals surface area contributed by atoms with E-state index in [1.54, 1.807) is 17.0 Å². The molecule has 5 nitrogen and oxygen atoms in total. The number of piperidine rings is 1. The van der Waals surface area contributed by atoms with Crippen LogP contribution >= 0.6 is 11.3 Å². The molecule has 1 aliphatic rings. The van der Waals surface area contributed by atoms with Crippen molar-refractivity contribution in [2.45, 2.75) is 12.8 Å². The second kappa shape index (κ2) is 8.07. The number of amides is 2. The number of hydrogen-bond acceptors (Lipinski definition) is 4. The summed E-state index contributed by atoms with van der Waals surface area (Å²) in [7, 11) is 0. The molecule has 3 rings (SSSR count). The minimum atomic E-state index is -0.225. The molecule has 1 aliphatic heterocycles. The maximum atomic E-state index is 12.5. The van der Waals surface area contributed by atoms with Gasteiger partial charge in [-0.2, -0.15) is 0 Å². The SMILES string of the molecule is O=C(NCC(=O)N1CCC(C(=O)c2ccccc2)CC1)c1cccs1. The molecule has 0 radical (unpaired) electrons. The van der Waals surface area contributed by atoms with E-state index >= 15 is 0 Å². The number of nitrogens with zero attached hydrogens (tertiary/aromatic N) is 1. The minimum absolute atomic E-state index is 0.00592. The number of carbonyl (C=O) groups excluding carboxylic acids is 3. The number of hydrogen-bond donors (Lipinski definition) is 1. The van der Waals surface area contributed by atoms with Crippen molar-refractivity contribution in [1.82, 2.24) is 10.2 Å². The molecular formula is C19H20N2O3S. The Kier molecular flexibility index (Phi) is 5.60. The second-order valence-electron chi connectivity index (χ2n) is 6.05. The Balaban J connectivity index is 1.46. The predicted molar refractivity (Wildman–Crippen MR) is 96.7 cm³/mol. The molecule has 1 aromatic carbocycles. The summed E-state index contributed by atoms with van der Waals surface area (Å²) in [5.74, 6) is -0.209. The van der Waals surface area contributed by atoms with Crippen molar-refractivity contribution >= 4 is 28.9 Å². The topological polar surface area (TPSA) is 66.5 Å². The Morgan fingerprint density at radius 2 is 1.76 bits per heavy atom. The molecule has 0 spiro atoms. The van der Waals surface area contributed by atoms with Gasteiger partial charge in [0.15, 0.2) is 5.78 Å². The molecule has 2 amide bonds. The van der Waals surface area contributed by atoms with Gasteiger partial charge in [-0.25, -0.2) is 0 Å². The van der Waals surface area contributed by atoms with E-state index in [0.29, 0.717) is 30.8 Å². The summed E-state index contributed by atoms with van der Waals surface area (Å²) >= 11 is 1.35. The van der Waals surface area contributed by atoms with Crippen molar-refractivity contribution in [3.8, 4) is 0 Å². The second-order valence-corrected chi connectivity index (χ2v) is 6.99. The van der Waals surface area contributed by atoms with E-state index in [1.165, 1.54) is 11.3 Å². The number of rotatable bonds is 5. The van der Waals surface area contributed by atoms with Crippen LogP contribution in [0.2, 0.25) is 0 Å². The number of thiophene rings is 1. The van der Waals surface area contributed by atoms with E-state index < -0.39 is 0 Å². The fourth-order valence-corrected chi connectivity index (χ4v) is 3.63. The van der Waals surface area contributed by atoms with Crippen molar-refractivity contribution in [2.24, 2.45) is 5.92 Å². The lowest BCUT2D eigenvalue weighted by Gasteiger charge is -2.31. The number of carbonyl (C=O) groups is 3. The summed E-state index contributed by atoms with van der Waals surface area (Å²) < 4.78 is 0. The quantitative estimate of drug-likeness (QED) is 0.838. The zero-order valence-electron chi connectivity index (χ0n) is 13.8. The average molecular weight is 356 g/mol. The van der Waals surface area contributed by atoms with Gasteiger partial charge in [-0.3, -0.25) is 14.4 Å². The first-order valence-corrected chi connectivity index (χ1v) is 9.22. The predicted octanol–water partition coefficient (Wildman–Crippen LogP) is 2.60. The average Bonchev–Trinajstić information content (AvgIpc) is 3.21. The van der Waals surface area contributed by atoms with E-state index in [0.717, 1.165) is 5.56 Å². The van der Waals surface area contributed by atoms with Crippen molar-refractivity contribution in [3.63, 3.8) is 0 Å². The van der Waals surface area contributed by atoms with Gasteiger partial charge in [-0.1, -0.05) is 36.4 Å². The Morgan fingerprint density at radius 1 is 1.04 bits per heavy atom. The van der Waals surface area contributed by atoms with E-state index in [2.05, 4.69) is 5.32 Å². The monoisotopic (exact) mass is 356 g/mol. The van der Waals surface area contributed by atoms with Crippen molar-refractivity contribution in [1.29, 1.82) is 0 Å². The fraction of sp³-hybridized carbons (Fsp3) is 0.316. The number of ketones is 1. The first kappa shape index (κ1) is 17.4. The number of Topliss-reactive ketones (excluding diaryl/α,β-unsaturated/α-hetero) is 1. The van der Waals surface area contributed by atoms with Crippen LogP contribution in [-0.4, -0.2) is 42.1 Å². The Hall–Kier alpha value is -2.47. The highest BCUT2D eigenvalue weighted by Gasteiger charge is 2.27. The first-order valence-electron chi connectivity index (χ1n) is 8.34. The molecule has 1 saturated heterocycles. The van der Waals surface area contributed by atoms with Crippen LogP contribution in [0.3, 0.4) is 0 Å². The van der Waals surface area contributed by atoms with E-state index in [-0.39, 0.29) is 30.1 Å². The molecule has 0 bridgehead atoms. The number of benzene rings is 1. The molecule has 1 fully saturated rings. The molecule has 0 aliphatic carbocycles. The van der Waals surface area contributed by atoms with Gasteiger partial charge in [0, 0.05) is 24.6 Å². The molecule has 0 unspecified atom stereocenters. The van der Waals surface area contributed by atoms with E-state index in [9.17, 15) is 14.4 Å². The molecule has 0 atom stereocenters. The normalized spacial score (nSPS) is 15.0. The van der Waals surface area contributed by atoms with Crippen molar-refractivity contribution < 1.29 is 14.4 Å². The van der Waals surface area contributed by atoms with Gasteiger partial charge in [0.05, 0.1) is 11.4 Å². The van der Waals surface area contributed by atoms with Crippen LogP contribution in [0, 0.1) is 5.92 Å².